The van der Waals surface area contributed by atoms with Crippen molar-refractivity contribution in [3.8, 4) is 0 Å². The van der Waals surface area contributed by atoms with Crippen LogP contribution in [0, 0.1) is 11.8 Å². The number of carbonyl (C=O) groups is 2. The van der Waals surface area contributed by atoms with Gasteiger partial charge in [-0.15, -0.1) is 0 Å². The molecule has 0 saturated carbocycles. The highest BCUT2D eigenvalue weighted by atomic mass is 32.2. The maximum Gasteiger partial charge on any atom is 0.243 e. The van der Waals surface area contributed by atoms with Crippen molar-refractivity contribution in [3.63, 3.8) is 0 Å². The van der Waals surface area contributed by atoms with Gasteiger partial charge in [0, 0.05) is 25.2 Å². The molecule has 0 aromatic heterocycles. The molecule has 306 valence electrons. The zero-order chi connectivity index (χ0) is 41.9. The lowest BCUT2D eigenvalue weighted by atomic mass is 9.98. The number of amides is 1. The molecule has 0 aliphatic heterocycles. The van der Waals surface area contributed by atoms with Crippen molar-refractivity contribution in [2.75, 3.05) is 18.8 Å². The number of nitrogens with one attached hydrogen (secondary N) is 1. The summed E-state index contributed by atoms with van der Waals surface area (Å²) < 4.78 is 60.0. The summed E-state index contributed by atoms with van der Waals surface area (Å²) in [6.07, 6.45) is -1.23. The SMILES string of the molecule is CC(=O)c1ccc(S(=O)(=O)N(CC(C)C)C[C@@H](O)[C@H](Cc2ccccc2)NC(=O)[C@H](C)CS(=O)(=O)N(Cc2ccccc2)C(c2ccccc2)c2ccccc2)cc1. The van der Waals surface area contributed by atoms with Gasteiger partial charge in [-0.25, -0.2) is 16.8 Å². The number of sulfonamides is 2. The van der Waals surface area contributed by atoms with E-state index in [0.717, 1.165) is 22.3 Å². The lowest BCUT2D eigenvalue weighted by Gasteiger charge is -2.33. The van der Waals surface area contributed by atoms with Crippen LogP contribution in [-0.4, -0.2) is 73.2 Å². The molecule has 0 aliphatic rings. The minimum atomic E-state index is -4.16. The smallest absolute Gasteiger partial charge is 0.243 e. The summed E-state index contributed by atoms with van der Waals surface area (Å²) in [4.78, 5) is 26.0. The van der Waals surface area contributed by atoms with Crippen LogP contribution < -0.4 is 5.32 Å². The average molecular weight is 824 g/mol. The van der Waals surface area contributed by atoms with Crippen molar-refractivity contribution in [2.24, 2.45) is 11.8 Å². The molecular weight excluding hydrogens is 771 g/mol. The van der Waals surface area contributed by atoms with Crippen molar-refractivity contribution < 1.29 is 31.5 Å². The first-order valence-electron chi connectivity index (χ1n) is 19.4. The summed E-state index contributed by atoms with van der Waals surface area (Å²) in [5, 5.41) is 14.7. The van der Waals surface area contributed by atoms with Crippen LogP contribution in [0.1, 0.15) is 66.3 Å². The number of benzene rings is 5. The number of ketones is 1. The van der Waals surface area contributed by atoms with Crippen molar-refractivity contribution >= 4 is 31.7 Å². The van der Waals surface area contributed by atoms with Gasteiger partial charge in [-0.1, -0.05) is 154 Å². The van der Waals surface area contributed by atoms with Crippen LogP contribution in [0.25, 0.3) is 0 Å². The van der Waals surface area contributed by atoms with E-state index >= 15 is 0 Å². The van der Waals surface area contributed by atoms with Gasteiger partial charge in [-0.2, -0.15) is 8.61 Å². The second-order valence-corrected chi connectivity index (χ2v) is 19.0. The van der Waals surface area contributed by atoms with Crippen molar-refractivity contribution in [2.45, 2.75) is 63.7 Å². The van der Waals surface area contributed by atoms with Gasteiger partial charge < -0.3 is 10.4 Å². The van der Waals surface area contributed by atoms with E-state index in [1.54, 1.807) is 6.92 Å². The average Bonchev–Trinajstić information content (AvgIpc) is 3.21. The summed E-state index contributed by atoms with van der Waals surface area (Å²) in [6.45, 7) is 6.45. The van der Waals surface area contributed by atoms with Crippen LogP contribution in [0.2, 0.25) is 0 Å². The molecule has 10 nitrogen and oxygen atoms in total. The summed E-state index contributed by atoms with van der Waals surface area (Å²) in [5.41, 5.74) is 3.48. The van der Waals surface area contributed by atoms with E-state index in [2.05, 4.69) is 5.32 Å². The lowest BCUT2D eigenvalue weighted by molar-refractivity contribution is -0.125. The third-order valence-corrected chi connectivity index (χ3v) is 13.7. The summed E-state index contributed by atoms with van der Waals surface area (Å²) in [5.74, 6) is -2.50. The fourth-order valence-corrected chi connectivity index (χ4v) is 10.4. The fourth-order valence-electron chi connectivity index (χ4n) is 6.90. The largest absolute Gasteiger partial charge is 0.390 e. The number of Topliss-reactive ketones (excluding diaryl/α,β-unsaturated/α-hetero) is 1. The summed E-state index contributed by atoms with van der Waals surface area (Å²) >= 11 is 0. The van der Waals surface area contributed by atoms with Crippen LogP contribution in [0.3, 0.4) is 0 Å². The molecule has 5 aromatic rings. The summed E-state index contributed by atoms with van der Waals surface area (Å²) in [7, 11) is -8.30. The van der Waals surface area contributed by atoms with E-state index in [9.17, 15) is 31.5 Å². The standard InChI is InChI=1S/C46H53N3O7S2/c1-34(2)30-48(58(55,56)42-27-25-39(26-28-42)36(4)50)32-44(51)43(29-37-17-9-5-10-18-37)47-46(52)35(3)33-57(53,54)49(31-38-19-11-6-12-20-38)45(40-21-13-7-14-22-40)41-23-15-8-16-24-41/h5-28,34-35,43-45,51H,29-33H2,1-4H3,(H,47,52)/t35-,43+,44-/m1/s1. The van der Waals surface area contributed by atoms with Gasteiger partial charge in [-0.05, 0) is 53.6 Å². The molecule has 0 unspecified atom stereocenters. The first-order valence-corrected chi connectivity index (χ1v) is 22.5. The van der Waals surface area contributed by atoms with Crippen LogP contribution in [0.5, 0.6) is 0 Å². The molecule has 5 aromatic carbocycles. The number of aliphatic hydroxyl groups is 1. The Labute approximate surface area is 343 Å². The van der Waals surface area contributed by atoms with Crippen LogP contribution in [0.4, 0.5) is 0 Å². The highest BCUT2D eigenvalue weighted by Crippen LogP contribution is 2.33. The van der Waals surface area contributed by atoms with E-state index in [1.165, 1.54) is 39.8 Å². The molecule has 0 spiro atoms. The number of hydrogen-bond acceptors (Lipinski definition) is 7. The first-order chi connectivity index (χ1) is 27.7. The minimum Gasteiger partial charge on any atom is -0.390 e. The Morgan fingerprint density at radius 2 is 1.14 bits per heavy atom. The molecule has 58 heavy (non-hydrogen) atoms. The van der Waals surface area contributed by atoms with Gasteiger partial charge in [0.25, 0.3) is 0 Å². The molecule has 0 heterocycles. The molecule has 0 saturated heterocycles. The van der Waals surface area contributed by atoms with Gasteiger partial charge in [0.05, 0.1) is 34.8 Å². The Morgan fingerprint density at radius 1 is 0.655 bits per heavy atom. The molecule has 12 heteroatoms. The van der Waals surface area contributed by atoms with Gasteiger partial charge in [0.2, 0.25) is 26.0 Å². The first kappa shape index (κ1) is 44.1. The van der Waals surface area contributed by atoms with E-state index in [1.807, 2.05) is 135 Å². The molecule has 5 rings (SSSR count). The Kier molecular flexibility index (Phi) is 15.3. The normalized spacial score (nSPS) is 13.7. The van der Waals surface area contributed by atoms with Crippen molar-refractivity contribution in [1.29, 1.82) is 0 Å². The Hall–Kier alpha value is -4.98. The number of carbonyl (C=O) groups excluding carboxylic acids is 2. The predicted molar refractivity (Wildman–Crippen MR) is 228 cm³/mol. The molecule has 3 atom stereocenters. The maximum atomic E-state index is 14.7. The molecule has 1 amide bonds. The van der Waals surface area contributed by atoms with Gasteiger partial charge in [0.15, 0.2) is 5.78 Å². The Bertz CT molecular complexity index is 2250. The molecule has 0 fully saturated rings. The third-order valence-electron chi connectivity index (χ3n) is 9.91. The highest BCUT2D eigenvalue weighted by molar-refractivity contribution is 7.89. The van der Waals surface area contributed by atoms with Crippen LogP contribution >= 0.6 is 0 Å². The Balaban J connectivity index is 1.43. The third kappa shape index (κ3) is 11.8. The molecular formula is C46H53N3O7S2. The zero-order valence-electron chi connectivity index (χ0n) is 33.4. The number of aliphatic hydroxyl groups excluding tert-OH is 1. The Morgan fingerprint density at radius 3 is 1.62 bits per heavy atom. The number of nitrogens with zero attached hydrogens (tertiary/aromatic N) is 2. The minimum absolute atomic E-state index is 0.0304. The molecule has 0 aliphatic carbocycles. The monoisotopic (exact) mass is 823 g/mol. The summed E-state index contributed by atoms with van der Waals surface area (Å²) in [6, 6.07) is 41.2. The molecule has 0 radical (unpaired) electrons. The van der Waals surface area contributed by atoms with Crippen LogP contribution in [0.15, 0.2) is 150 Å². The lowest BCUT2D eigenvalue weighted by Crippen LogP contribution is -2.52. The number of hydrogen-bond donors (Lipinski definition) is 2. The van der Waals surface area contributed by atoms with E-state index in [0.29, 0.717) is 5.56 Å². The predicted octanol–water partition coefficient (Wildman–Crippen LogP) is 6.88. The van der Waals surface area contributed by atoms with Gasteiger partial charge >= 0.3 is 0 Å². The zero-order valence-corrected chi connectivity index (χ0v) is 35.0. The van der Waals surface area contributed by atoms with Crippen LogP contribution in [-0.2, 0) is 37.8 Å². The van der Waals surface area contributed by atoms with Gasteiger partial charge in [-0.3, -0.25) is 9.59 Å². The van der Waals surface area contributed by atoms with E-state index in [-0.39, 0.29) is 42.7 Å². The second kappa shape index (κ2) is 20.1. The topological polar surface area (TPSA) is 141 Å². The van der Waals surface area contributed by atoms with E-state index in [4.69, 9.17) is 0 Å². The number of rotatable bonds is 20. The van der Waals surface area contributed by atoms with Crippen molar-refractivity contribution in [1.82, 2.24) is 13.9 Å². The van der Waals surface area contributed by atoms with E-state index < -0.39 is 55.8 Å². The molecule has 2 N–H and O–H groups in total. The van der Waals surface area contributed by atoms with Crippen molar-refractivity contribution in [3.05, 3.63) is 173 Å². The fraction of sp³-hybridized carbons (Fsp3) is 0.304. The van der Waals surface area contributed by atoms with Gasteiger partial charge in [0.1, 0.15) is 0 Å². The quantitative estimate of drug-likeness (QED) is 0.0816. The highest BCUT2D eigenvalue weighted by Gasteiger charge is 2.37. The molecule has 0 bridgehead atoms. The maximum absolute atomic E-state index is 14.7. The second-order valence-electron chi connectivity index (χ2n) is 15.1.